The zero-order chi connectivity index (χ0) is 45.9. The van der Waals surface area contributed by atoms with E-state index in [0.29, 0.717) is 0 Å². The van der Waals surface area contributed by atoms with E-state index in [-0.39, 0.29) is 0 Å². The molecule has 0 aliphatic carbocycles. The van der Waals surface area contributed by atoms with E-state index >= 15 is 0 Å². The highest BCUT2D eigenvalue weighted by Gasteiger charge is 2.19. The lowest BCUT2D eigenvalue weighted by atomic mass is 9.95. The van der Waals surface area contributed by atoms with E-state index in [2.05, 4.69) is 205 Å². The molecule has 0 aliphatic heterocycles. The quantitative estimate of drug-likeness (QED) is 0.167. The van der Waals surface area contributed by atoms with Crippen LogP contribution >= 0.6 is 0 Å². The Kier molecular flexibility index (Phi) is 8.29. The van der Waals surface area contributed by atoms with E-state index in [9.17, 15) is 0 Å². The lowest BCUT2D eigenvalue weighted by molar-refractivity contribution is 0.668. The third-order valence-corrected chi connectivity index (χ3v) is 14.2. The molecule has 15 aromatic rings. The van der Waals surface area contributed by atoms with Crippen LogP contribution in [0.5, 0.6) is 0 Å². The predicted octanol–water partition coefficient (Wildman–Crippen LogP) is 18.2. The maximum Gasteiger partial charge on any atom is 0.143 e. The summed E-state index contributed by atoms with van der Waals surface area (Å²) in [6.07, 6.45) is 0. The van der Waals surface area contributed by atoms with Crippen LogP contribution in [0, 0.1) is 0 Å². The first-order valence-corrected chi connectivity index (χ1v) is 23.7. The van der Waals surface area contributed by atoms with Crippen LogP contribution in [0.25, 0.3) is 149 Å². The van der Waals surface area contributed by atoms with Crippen LogP contribution in [0.4, 0.5) is 0 Å². The van der Waals surface area contributed by atoms with Gasteiger partial charge in [-0.2, -0.15) is 0 Å². The number of hydrogen-bond acceptors (Lipinski definition) is 4. The number of rotatable bonds is 6. The Hall–Kier alpha value is -9.45. The van der Waals surface area contributed by atoms with Gasteiger partial charge in [0.15, 0.2) is 0 Å². The molecular weight excluding hydrogens is 857 g/mol. The van der Waals surface area contributed by atoms with Gasteiger partial charge in [-0.1, -0.05) is 146 Å². The van der Waals surface area contributed by atoms with E-state index in [1.165, 1.54) is 10.8 Å². The summed E-state index contributed by atoms with van der Waals surface area (Å²) in [6, 6.07) is 81.5. The SMILES string of the molecule is c1ccc(-c2cc(-c3cccc4oc5ccc(-c6ccc7c(c6)c6ccccc6n7-c6ccc(-c7cccc8c7oc7ccccc78)cc6)cc5c34)cc(-c3ccc4c(c3)oc3ccccc34)n2)cc1. The van der Waals surface area contributed by atoms with E-state index in [1.807, 2.05) is 30.3 Å². The Morgan fingerprint density at radius 2 is 0.857 bits per heavy atom. The summed E-state index contributed by atoms with van der Waals surface area (Å²) < 4.78 is 21.8. The van der Waals surface area contributed by atoms with Gasteiger partial charge in [0.25, 0.3) is 0 Å². The van der Waals surface area contributed by atoms with Gasteiger partial charge >= 0.3 is 0 Å². The third-order valence-electron chi connectivity index (χ3n) is 14.2. The Morgan fingerprint density at radius 3 is 1.70 bits per heavy atom. The van der Waals surface area contributed by atoms with Gasteiger partial charge in [0.05, 0.1) is 22.4 Å². The number of para-hydroxylation sites is 4. The molecule has 10 aromatic carbocycles. The normalized spacial score (nSPS) is 12.0. The number of nitrogens with zero attached hydrogens (tertiary/aromatic N) is 2. The molecule has 0 aliphatic rings. The predicted molar refractivity (Wildman–Crippen MR) is 288 cm³/mol. The smallest absolute Gasteiger partial charge is 0.143 e. The van der Waals surface area contributed by atoms with E-state index in [4.69, 9.17) is 18.2 Å². The first-order chi connectivity index (χ1) is 34.7. The second-order valence-corrected chi connectivity index (χ2v) is 18.2. The molecule has 70 heavy (non-hydrogen) atoms. The van der Waals surface area contributed by atoms with Crippen molar-refractivity contribution in [2.24, 2.45) is 0 Å². The van der Waals surface area contributed by atoms with Gasteiger partial charge in [-0.3, -0.25) is 0 Å². The molecule has 5 aromatic heterocycles. The summed E-state index contributed by atoms with van der Waals surface area (Å²) in [4.78, 5) is 5.27. The van der Waals surface area contributed by atoms with Gasteiger partial charge in [0, 0.05) is 65.5 Å². The number of benzene rings is 10. The molecule has 0 saturated carbocycles. The van der Waals surface area contributed by atoms with Crippen LogP contribution in [0.15, 0.2) is 244 Å². The highest BCUT2D eigenvalue weighted by atomic mass is 16.3. The summed E-state index contributed by atoms with van der Waals surface area (Å²) in [7, 11) is 0. The van der Waals surface area contributed by atoms with Crippen LogP contribution in [0.3, 0.4) is 0 Å². The zero-order valence-corrected chi connectivity index (χ0v) is 37.6. The van der Waals surface area contributed by atoms with Crippen LogP contribution in [-0.4, -0.2) is 9.55 Å². The minimum Gasteiger partial charge on any atom is -0.456 e. The molecule has 15 rings (SSSR count). The van der Waals surface area contributed by atoms with E-state index in [0.717, 1.165) is 138 Å². The summed E-state index contributed by atoms with van der Waals surface area (Å²) >= 11 is 0. The Balaban J connectivity index is 0.841. The summed E-state index contributed by atoms with van der Waals surface area (Å²) in [6.45, 7) is 0. The molecule has 5 heterocycles. The largest absolute Gasteiger partial charge is 0.456 e. The summed E-state index contributed by atoms with van der Waals surface area (Å²) in [5.41, 5.74) is 19.0. The molecule has 326 valence electrons. The molecule has 0 unspecified atom stereocenters. The molecule has 5 nitrogen and oxygen atoms in total. The molecule has 0 atom stereocenters. The minimum atomic E-state index is 0.840. The minimum absolute atomic E-state index is 0.840. The zero-order valence-electron chi connectivity index (χ0n) is 37.6. The molecule has 0 radical (unpaired) electrons. The Morgan fingerprint density at radius 1 is 0.286 bits per heavy atom. The van der Waals surface area contributed by atoms with E-state index in [1.54, 1.807) is 0 Å². The van der Waals surface area contributed by atoms with Gasteiger partial charge in [-0.15, -0.1) is 0 Å². The monoisotopic (exact) mass is 894 g/mol. The van der Waals surface area contributed by atoms with Crippen molar-refractivity contribution < 1.29 is 13.3 Å². The maximum absolute atomic E-state index is 6.63. The number of fused-ring (bicyclic) bond motifs is 12. The van der Waals surface area contributed by atoms with Crippen molar-refractivity contribution >= 4 is 87.6 Å². The fourth-order valence-corrected chi connectivity index (χ4v) is 10.9. The lowest BCUT2D eigenvalue weighted by Gasteiger charge is -2.11. The van der Waals surface area contributed by atoms with Gasteiger partial charge in [-0.05, 0) is 113 Å². The molecule has 0 fully saturated rings. The summed E-state index contributed by atoms with van der Waals surface area (Å²) in [5, 5.41) is 8.99. The number of furan rings is 3. The number of pyridine rings is 1. The topological polar surface area (TPSA) is 57.2 Å². The van der Waals surface area contributed by atoms with Crippen LogP contribution < -0.4 is 0 Å². The molecule has 0 bridgehead atoms. The molecule has 0 amide bonds. The second kappa shape index (κ2) is 15.0. The molecule has 0 saturated heterocycles. The van der Waals surface area contributed by atoms with Gasteiger partial charge in [-0.25, -0.2) is 4.98 Å². The van der Waals surface area contributed by atoms with Crippen molar-refractivity contribution in [3.8, 4) is 61.6 Å². The standard InChI is InChI=1S/C65H38N2O3/c1-2-12-40(13-3-1)55-36-44(37-56(66-55)43-26-31-51-49-15-5-8-21-59(49)69-63(51)38-43)46-17-11-23-62-64(46)54-35-42(28-33-61(54)68-62)41-27-32-58-53(34-41)48-14-4-7-20-57(48)67(58)45-29-24-39(25-30-45)47-18-10-19-52-50-16-6-9-22-60(50)70-65(47)52/h1-38H. The molecule has 0 spiro atoms. The van der Waals surface area contributed by atoms with Crippen LogP contribution in [0.1, 0.15) is 0 Å². The number of hydrogen-bond donors (Lipinski definition) is 0. The Labute approximate surface area is 400 Å². The average Bonchev–Trinajstić information content (AvgIpc) is 4.19. The van der Waals surface area contributed by atoms with Crippen molar-refractivity contribution in [2.75, 3.05) is 0 Å². The van der Waals surface area contributed by atoms with Crippen LogP contribution in [0.2, 0.25) is 0 Å². The molecular formula is C65H38N2O3. The summed E-state index contributed by atoms with van der Waals surface area (Å²) in [5.74, 6) is 0. The molecule has 0 N–H and O–H groups in total. The van der Waals surface area contributed by atoms with Gasteiger partial charge in [0.1, 0.15) is 33.5 Å². The Bertz CT molecular complexity index is 4590. The van der Waals surface area contributed by atoms with Crippen molar-refractivity contribution in [1.29, 1.82) is 0 Å². The van der Waals surface area contributed by atoms with Gasteiger partial charge < -0.3 is 17.8 Å². The second-order valence-electron chi connectivity index (χ2n) is 18.2. The lowest BCUT2D eigenvalue weighted by Crippen LogP contribution is -1.93. The fraction of sp³-hybridized carbons (Fsp3) is 0. The maximum atomic E-state index is 6.63. The van der Waals surface area contributed by atoms with Crippen LogP contribution in [-0.2, 0) is 0 Å². The first kappa shape index (κ1) is 38.6. The first-order valence-electron chi connectivity index (χ1n) is 23.7. The van der Waals surface area contributed by atoms with Crippen molar-refractivity contribution in [2.45, 2.75) is 0 Å². The number of aromatic nitrogens is 2. The fourth-order valence-electron chi connectivity index (χ4n) is 10.9. The molecule has 5 heteroatoms. The third kappa shape index (κ3) is 5.95. The average molecular weight is 895 g/mol. The van der Waals surface area contributed by atoms with Crippen molar-refractivity contribution in [1.82, 2.24) is 9.55 Å². The van der Waals surface area contributed by atoms with Crippen molar-refractivity contribution in [3.63, 3.8) is 0 Å². The highest BCUT2D eigenvalue weighted by molar-refractivity contribution is 6.15. The highest BCUT2D eigenvalue weighted by Crippen LogP contribution is 2.43. The van der Waals surface area contributed by atoms with Crippen molar-refractivity contribution in [3.05, 3.63) is 231 Å². The van der Waals surface area contributed by atoms with E-state index < -0.39 is 0 Å². The van der Waals surface area contributed by atoms with Gasteiger partial charge in [0.2, 0.25) is 0 Å².